The summed E-state index contributed by atoms with van der Waals surface area (Å²) < 4.78 is 5.34. The fourth-order valence-corrected chi connectivity index (χ4v) is 2.05. The molecule has 0 spiro atoms. The highest BCUT2D eigenvalue weighted by atomic mass is 16.6. The molecule has 1 amide bonds. The van der Waals surface area contributed by atoms with Crippen LogP contribution in [-0.2, 0) is 4.74 Å². The van der Waals surface area contributed by atoms with Crippen LogP contribution in [0, 0.1) is 5.92 Å². The van der Waals surface area contributed by atoms with Crippen LogP contribution in [0.1, 0.15) is 47.5 Å². The Morgan fingerprint density at radius 2 is 1.88 bits per heavy atom. The van der Waals surface area contributed by atoms with Crippen molar-refractivity contribution < 1.29 is 14.6 Å². The Morgan fingerprint density at radius 1 is 1.29 bits per heavy atom. The molecular formula is C13H25NO3. The predicted octanol–water partition coefficient (Wildman–Crippen LogP) is 2.40. The first-order valence-corrected chi connectivity index (χ1v) is 6.30. The van der Waals surface area contributed by atoms with Gasteiger partial charge in [-0.2, -0.15) is 0 Å². The van der Waals surface area contributed by atoms with Crippen molar-refractivity contribution in [2.24, 2.45) is 5.92 Å². The summed E-state index contributed by atoms with van der Waals surface area (Å²) in [7, 11) is 0. The second-order valence-corrected chi connectivity index (χ2v) is 6.42. The summed E-state index contributed by atoms with van der Waals surface area (Å²) in [5.41, 5.74) is -1.19. The molecule has 17 heavy (non-hydrogen) atoms. The van der Waals surface area contributed by atoms with Crippen molar-refractivity contribution in [2.75, 3.05) is 13.1 Å². The van der Waals surface area contributed by atoms with E-state index >= 15 is 0 Å². The molecule has 0 aromatic heterocycles. The van der Waals surface area contributed by atoms with E-state index in [2.05, 4.69) is 0 Å². The molecule has 0 radical (unpaired) electrons. The maximum atomic E-state index is 11.9. The van der Waals surface area contributed by atoms with Crippen molar-refractivity contribution in [3.63, 3.8) is 0 Å². The molecule has 4 nitrogen and oxygen atoms in total. The number of amides is 1. The Morgan fingerprint density at radius 3 is 2.35 bits per heavy atom. The van der Waals surface area contributed by atoms with Crippen LogP contribution in [0.2, 0.25) is 0 Å². The molecule has 0 aliphatic carbocycles. The second-order valence-electron chi connectivity index (χ2n) is 6.42. The van der Waals surface area contributed by atoms with Gasteiger partial charge in [0.1, 0.15) is 5.60 Å². The molecule has 1 heterocycles. The molecule has 0 bridgehead atoms. The largest absolute Gasteiger partial charge is 0.444 e. The molecule has 1 atom stereocenters. The summed E-state index contributed by atoms with van der Waals surface area (Å²) in [5.74, 6) is 0.128. The first-order valence-electron chi connectivity index (χ1n) is 6.30. The van der Waals surface area contributed by atoms with Crippen molar-refractivity contribution in [1.29, 1.82) is 0 Å². The van der Waals surface area contributed by atoms with Gasteiger partial charge >= 0.3 is 6.09 Å². The summed E-state index contributed by atoms with van der Waals surface area (Å²) in [6.45, 7) is 10.5. The van der Waals surface area contributed by atoms with E-state index in [-0.39, 0.29) is 12.0 Å². The zero-order chi connectivity index (χ0) is 13.3. The number of hydrogen-bond donors (Lipinski definition) is 1. The van der Waals surface area contributed by atoms with Crippen molar-refractivity contribution in [3.05, 3.63) is 0 Å². The average molecular weight is 243 g/mol. The monoisotopic (exact) mass is 243 g/mol. The van der Waals surface area contributed by atoms with Gasteiger partial charge in [-0.05, 0) is 47.5 Å². The summed E-state index contributed by atoms with van der Waals surface area (Å²) in [4.78, 5) is 13.6. The fourth-order valence-electron chi connectivity index (χ4n) is 2.05. The van der Waals surface area contributed by atoms with Gasteiger partial charge in [0.05, 0.1) is 5.60 Å². The molecular weight excluding hydrogens is 218 g/mol. The van der Waals surface area contributed by atoms with Gasteiger partial charge in [0.15, 0.2) is 0 Å². The smallest absolute Gasteiger partial charge is 0.410 e. The number of piperidine rings is 1. The third kappa shape index (κ3) is 4.54. The highest BCUT2D eigenvalue weighted by Crippen LogP contribution is 2.27. The standard InChI is InChI=1S/C13H25NO3/c1-12(2,3)17-11(15)14-8-6-7-10(9-14)13(4,5)16/h10,16H,6-9H2,1-5H3. The number of carbonyl (C=O) groups excluding carboxylic acids is 1. The lowest BCUT2D eigenvalue weighted by molar-refractivity contribution is -0.0286. The number of likely N-dealkylation sites (tertiary alicyclic amines) is 1. The van der Waals surface area contributed by atoms with E-state index in [4.69, 9.17) is 4.74 Å². The summed E-state index contributed by atoms with van der Waals surface area (Å²) in [6, 6.07) is 0. The second kappa shape index (κ2) is 4.84. The van der Waals surface area contributed by atoms with Gasteiger partial charge in [0, 0.05) is 19.0 Å². The van der Waals surface area contributed by atoms with E-state index in [0.717, 1.165) is 19.4 Å². The van der Waals surface area contributed by atoms with E-state index in [0.29, 0.717) is 6.54 Å². The molecule has 100 valence electrons. The fraction of sp³-hybridized carbons (Fsp3) is 0.923. The van der Waals surface area contributed by atoms with Crippen LogP contribution in [0.25, 0.3) is 0 Å². The van der Waals surface area contributed by atoms with Crippen molar-refractivity contribution in [3.8, 4) is 0 Å². The first kappa shape index (κ1) is 14.3. The number of ether oxygens (including phenoxy) is 1. The normalized spacial score (nSPS) is 22.5. The average Bonchev–Trinajstić information content (AvgIpc) is 2.14. The quantitative estimate of drug-likeness (QED) is 0.769. The SMILES string of the molecule is CC(C)(C)OC(=O)N1CCCC(C(C)(C)O)C1. The summed E-state index contributed by atoms with van der Waals surface area (Å²) in [6.07, 6.45) is 1.61. The predicted molar refractivity (Wildman–Crippen MR) is 66.8 cm³/mol. The van der Waals surface area contributed by atoms with Gasteiger partial charge in [-0.15, -0.1) is 0 Å². The van der Waals surface area contributed by atoms with E-state index in [1.54, 1.807) is 18.7 Å². The van der Waals surface area contributed by atoms with Crippen LogP contribution in [0.15, 0.2) is 0 Å². The molecule has 1 unspecified atom stereocenters. The number of rotatable bonds is 1. The van der Waals surface area contributed by atoms with Gasteiger partial charge in [0.2, 0.25) is 0 Å². The topological polar surface area (TPSA) is 49.8 Å². The van der Waals surface area contributed by atoms with Crippen molar-refractivity contribution in [1.82, 2.24) is 4.90 Å². The van der Waals surface area contributed by atoms with Crippen LogP contribution >= 0.6 is 0 Å². The minimum Gasteiger partial charge on any atom is -0.444 e. The molecule has 1 aliphatic heterocycles. The van der Waals surface area contributed by atoms with Crippen LogP contribution in [-0.4, -0.2) is 40.4 Å². The van der Waals surface area contributed by atoms with E-state index in [1.165, 1.54) is 0 Å². The third-order valence-corrected chi connectivity index (χ3v) is 3.07. The summed E-state index contributed by atoms with van der Waals surface area (Å²) in [5, 5.41) is 10.00. The van der Waals surface area contributed by atoms with E-state index in [1.807, 2.05) is 20.8 Å². The van der Waals surface area contributed by atoms with Crippen LogP contribution in [0.5, 0.6) is 0 Å². The molecule has 1 fully saturated rings. The highest BCUT2D eigenvalue weighted by molar-refractivity contribution is 5.68. The van der Waals surface area contributed by atoms with E-state index in [9.17, 15) is 9.90 Å². The summed E-state index contributed by atoms with van der Waals surface area (Å²) >= 11 is 0. The van der Waals surface area contributed by atoms with Crippen molar-refractivity contribution in [2.45, 2.75) is 58.7 Å². The Bertz CT molecular complexity index is 275. The minimum atomic E-state index is -0.735. The zero-order valence-electron chi connectivity index (χ0n) is 11.6. The number of carbonyl (C=O) groups is 1. The van der Waals surface area contributed by atoms with Gasteiger partial charge in [0.25, 0.3) is 0 Å². The molecule has 0 saturated carbocycles. The number of aliphatic hydroxyl groups is 1. The van der Waals surface area contributed by atoms with Gasteiger partial charge in [-0.25, -0.2) is 4.79 Å². The molecule has 0 aromatic carbocycles. The van der Waals surface area contributed by atoms with Crippen molar-refractivity contribution >= 4 is 6.09 Å². The lowest BCUT2D eigenvalue weighted by Gasteiger charge is -2.39. The molecule has 4 heteroatoms. The minimum absolute atomic E-state index is 0.128. The van der Waals surface area contributed by atoms with Crippen LogP contribution in [0.4, 0.5) is 4.79 Å². The Balaban J connectivity index is 2.58. The van der Waals surface area contributed by atoms with Gasteiger partial charge in [-0.3, -0.25) is 0 Å². The Kier molecular flexibility index (Phi) is 4.07. The first-order chi connectivity index (χ1) is 7.59. The Labute approximate surface area is 104 Å². The number of nitrogens with zero attached hydrogens (tertiary/aromatic N) is 1. The maximum absolute atomic E-state index is 11.9. The van der Waals surface area contributed by atoms with Crippen LogP contribution < -0.4 is 0 Å². The zero-order valence-corrected chi connectivity index (χ0v) is 11.6. The molecule has 1 aliphatic rings. The lowest BCUT2D eigenvalue weighted by atomic mass is 9.84. The molecule has 1 saturated heterocycles. The molecule has 1 N–H and O–H groups in total. The lowest BCUT2D eigenvalue weighted by Crippen LogP contribution is -2.48. The molecule has 1 rings (SSSR count). The Hall–Kier alpha value is -0.770. The van der Waals surface area contributed by atoms with Crippen LogP contribution in [0.3, 0.4) is 0 Å². The number of hydrogen-bond acceptors (Lipinski definition) is 3. The van der Waals surface area contributed by atoms with E-state index < -0.39 is 11.2 Å². The maximum Gasteiger partial charge on any atom is 0.410 e. The van der Waals surface area contributed by atoms with Gasteiger partial charge in [-0.1, -0.05) is 0 Å². The highest BCUT2D eigenvalue weighted by Gasteiger charge is 2.34. The molecule has 0 aromatic rings. The third-order valence-electron chi connectivity index (χ3n) is 3.07. The van der Waals surface area contributed by atoms with Gasteiger partial charge < -0.3 is 14.7 Å².